The number of nitrogens with one attached hydrogen (secondary N) is 1. The average molecular weight is 446 g/mol. The Hall–Kier alpha value is -1.29. The number of anilines is 1. The van der Waals surface area contributed by atoms with Crippen molar-refractivity contribution >= 4 is 46.3 Å². The summed E-state index contributed by atoms with van der Waals surface area (Å²) in [7, 11) is 3.80. The number of aryl methyl sites for hydroxylation is 1. The maximum absolute atomic E-state index is 4.41. The highest BCUT2D eigenvalue weighted by atomic mass is 127. The Kier molecular flexibility index (Phi) is 6.70. The van der Waals surface area contributed by atoms with Crippen molar-refractivity contribution in [2.45, 2.75) is 6.54 Å². The van der Waals surface area contributed by atoms with E-state index in [0.29, 0.717) is 0 Å². The van der Waals surface area contributed by atoms with Gasteiger partial charge in [0.25, 0.3) is 0 Å². The molecule has 126 valence electrons. The van der Waals surface area contributed by atoms with E-state index in [9.17, 15) is 0 Å². The van der Waals surface area contributed by atoms with E-state index in [2.05, 4.69) is 42.7 Å². The molecule has 0 unspecified atom stereocenters. The summed E-state index contributed by atoms with van der Waals surface area (Å²) in [5, 5.41) is 11.1. The Morgan fingerprint density at radius 2 is 2.09 bits per heavy atom. The maximum atomic E-state index is 4.41. The van der Waals surface area contributed by atoms with Crippen LogP contribution in [0.5, 0.6) is 0 Å². The van der Waals surface area contributed by atoms with Gasteiger partial charge >= 0.3 is 0 Å². The van der Waals surface area contributed by atoms with Crippen LogP contribution in [0.2, 0.25) is 0 Å². The number of hydrogen-bond acceptors (Lipinski definition) is 4. The molecule has 0 saturated carbocycles. The molecule has 0 aliphatic carbocycles. The van der Waals surface area contributed by atoms with Crippen LogP contribution in [0.25, 0.3) is 0 Å². The Morgan fingerprint density at radius 1 is 1.30 bits per heavy atom. The molecule has 0 bridgehead atoms. The summed E-state index contributed by atoms with van der Waals surface area (Å²) in [4.78, 5) is 9.17. The van der Waals surface area contributed by atoms with E-state index in [1.165, 1.54) is 5.00 Å². The van der Waals surface area contributed by atoms with E-state index in [1.807, 2.05) is 31.0 Å². The molecule has 3 rings (SSSR count). The Balaban J connectivity index is 0.00000192. The van der Waals surface area contributed by atoms with Crippen molar-refractivity contribution < 1.29 is 0 Å². The van der Waals surface area contributed by atoms with Gasteiger partial charge in [-0.15, -0.1) is 35.3 Å². The molecule has 2 aromatic rings. The summed E-state index contributed by atoms with van der Waals surface area (Å²) in [5.74, 6) is 0.965. The topological polar surface area (TPSA) is 48.7 Å². The van der Waals surface area contributed by atoms with Crippen LogP contribution < -0.4 is 10.2 Å². The van der Waals surface area contributed by atoms with Gasteiger partial charge in [-0.05, 0) is 23.6 Å². The molecule has 0 aromatic carbocycles. The number of hydrogen-bond donors (Lipinski definition) is 1. The predicted octanol–water partition coefficient (Wildman–Crippen LogP) is 2.00. The SMILES string of the molecule is CN=C(NCc1ccnn1C)N1CCN(c2cccs2)CC1.I. The van der Waals surface area contributed by atoms with Crippen LogP contribution in [-0.2, 0) is 13.6 Å². The normalized spacial score (nSPS) is 15.5. The summed E-state index contributed by atoms with van der Waals surface area (Å²) in [5.41, 5.74) is 1.15. The van der Waals surface area contributed by atoms with Crippen molar-refractivity contribution in [3.63, 3.8) is 0 Å². The van der Waals surface area contributed by atoms with E-state index < -0.39 is 0 Å². The fourth-order valence-electron chi connectivity index (χ4n) is 2.67. The van der Waals surface area contributed by atoms with E-state index in [1.54, 1.807) is 11.3 Å². The highest BCUT2D eigenvalue weighted by Crippen LogP contribution is 2.22. The van der Waals surface area contributed by atoms with Crippen LogP contribution in [0.4, 0.5) is 5.00 Å². The maximum Gasteiger partial charge on any atom is 0.194 e. The van der Waals surface area contributed by atoms with Gasteiger partial charge < -0.3 is 15.1 Å². The number of nitrogens with zero attached hydrogens (tertiary/aromatic N) is 5. The number of thiophene rings is 1. The fraction of sp³-hybridized carbons (Fsp3) is 0.467. The van der Waals surface area contributed by atoms with Crippen LogP contribution in [0.3, 0.4) is 0 Å². The average Bonchev–Trinajstić information content (AvgIpc) is 3.21. The summed E-state index contributed by atoms with van der Waals surface area (Å²) < 4.78 is 1.88. The van der Waals surface area contributed by atoms with Gasteiger partial charge in [-0.25, -0.2) is 0 Å². The van der Waals surface area contributed by atoms with Gasteiger partial charge in [0.05, 0.1) is 17.2 Å². The van der Waals surface area contributed by atoms with Crippen molar-refractivity contribution in [1.29, 1.82) is 0 Å². The van der Waals surface area contributed by atoms with Gasteiger partial charge in [0, 0.05) is 46.5 Å². The molecule has 6 nitrogen and oxygen atoms in total. The molecule has 8 heteroatoms. The van der Waals surface area contributed by atoms with Crippen molar-refractivity contribution in [3.8, 4) is 0 Å². The molecule has 23 heavy (non-hydrogen) atoms. The van der Waals surface area contributed by atoms with Crippen molar-refractivity contribution in [2.24, 2.45) is 12.0 Å². The lowest BCUT2D eigenvalue weighted by molar-refractivity contribution is 0.372. The number of aliphatic imine (C=N–C) groups is 1. The van der Waals surface area contributed by atoms with Crippen molar-refractivity contribution in [1.82, 2.24) is 20.0 Å². The first kappa shape index (κ1) is 18.1. The third-order valence-corrected chi connectivity index (χ3v) is 4.89. The molecule has 0 radical (unpaired) electrons. The Morgan fingerprint density at radius 3 is 2.65 bits per heavy atom. The van der Waals surface area contributed by atoms with Crippen LogP contribution in [0, 0.1) is 0 Å². The number of aromatic nitrogens is 2. The van der Waals surface area contributed by atoms with Gasteiger partial charge in [0.15, 0.2) is 5.96 Å². The third kappa shape index (κ3) is 4.37. The first-order chi connectivity index (χ1) is 10.8. The molecule has 1 saturated heterocycles. The second kappa shape index (κ2) is 8.53. The monoisotopic (exact) mass is 446 g/mol. The fourth-order valence-corrected chi connectivity index (χ4v) is 3.45. The summed E-state index contributed by atoms with van der Waals surface area (Å²) in [6.07, 6.45) is 1.82. The Labute approximate surface area is 158 Å². The zero-order valence-electron chi connectivity index (χ0n) is 13.5. The van der Waals surface area contributed by atoms with Crippen LogP contribution in [0.15, 0.2) is 34.8 Å². The molecule has 0 atom stereocenters. The zero-order chi connectivity index (χ0) is 15.4. The molecule has 3 heterocycles. The van der Waals surface area contributed by atoms with E-state index in [0.717, 1.165) is 44.4 Å². The summed E-state index contributed by atoms with van der Waals surface area (Å²) in [6.45, 7) is 4.79. The number of guanidine groups is 1. The molecule has 1 N–H and O–H groups in total. The van der Waals surface area contributed by atoms with Crippen LogP contribution in [-0.4, -0.2) is 53.9 Å². The van der Waals surface area contributed by atoms with Gasteiger partial charge in [-0.3, -0.25) is 9.67 Å². The van der Waals surface area contributed by atoms with Gasteiger partial charge in [0.2, 0.25) is 0 Å². The third-order valence-electron chi connectivity index (χ3n) is 3.96. The smallest absolute Gasteiger partial charge is 0.194 e. The quantitative estimate of drug-likeness (QED) is 0.445. The van der Waals surface area contributed by atoms with E-state index in [-0.39, 0.29) is 24.0 Å². The largest absolute Gasteiger partial charge is 0.360 e. The lowest BCUT2D eigenvalue weighted by atomic mass is 10.3. The summed E-state index contributed by atoms with van der Waals surface area (Å²) >= 11 is 1.81. The molecule has 2 aromatic heterocycles. The molecule has 0 spiro atoms. The number of rotatable bonds is 3. The first-order valence-corrected chi connectivity index (χ1v) is 8.37. The predicted molar refractivity (Wildman–Crippen MR) is 107 cm³/mol. The minimum Gasteiger partial charge on any atom is -0.360 e. The minimum atomic E-state index is 0. The van der Waals surface area contributed by atoms with Crippen LogP contribution >= 0.6 is 35.3 Å². The standard InChI is InChI=1S/C15H22N6S.HI/c1-16-15(17-12-13-5-6-18-19(13)2)21-9-7-20(8-10-21)14-4-3-11-22-14;/h3-6,11H,7-10,12H2,1-2H3,(H,16,17);1H. The lowest BCUT2D eigenvalue weighted by Crippen LogP contribution is -2.52. The molecular formula is C15H23IN6S. The van der Waals surface area contributed by atoms with Gasteiger partial charge in [-0.1, -0.05) is 0 Å². The van der Waals surface area contributed by atoms with Crippen molar-refractivity contribution in [3.05, 3.63) is 35.5 Å². The first-order valence-electron chi connectivity index (χ1n) is 7.49. The van der Waals surface area contributed by atoms with Crippen molar-refractivity contribution in [2.75, 3.05) is 38.1 Å². The van der Waals surface area contributed by atoms with E-state index in [4.69, 9.17) is 0 Å². The zero-order valence-corrected chi connectivity index (χ0v) is 16.6. The summed E-state index contributed by atoms with van der Waals surface area (Å²) in [6, 6.07) is 6.32. The van der Waals surface area contributed by atoms with Crippen LogP contribution in [0.1, 0.15) is 5.69 Å². The Bertz CT molecular complexity index is 616. The molecule has 0 amide bonds. The molecular weight excluding hydrogens is 423 g/mol. The number of piperazine rings is 1. The van der Waals surface area contributed by atoms with Gasteiger partial charge in [0.1, 0.15) is 0 Å². The van der Waals surface area contributed by atoms with Gasteiger partial charge in [-0.2, -0.15) is 5.10 Å². The second-order valence-corrected chi connectivity index (χ2v) is 6.20. The molecule has 1 fully saturated rings. The second-order valence-electron chi connectivity index (χ2n) is 5.27. The minimum absolute atomic E-state index is 0. The number of halogens is 1. The molecule has 1 aliphatic rings. The highest BCUT2D eigenvalue weighted by Gasteiger charge is 2.20. The lowest BCUT2D eigenvalue weighted by Gasteiger charge is -2.37. The van der Waals surface area contributed by atoms with E-state index >= 15 is 0 Å². The molecule has 1 aliphatic heterocycles. The highest BCUT2D eigenvalue weighted by molar-refractivity contribution is 14.0.